The third-order valence-corrected chi connectivity index (χ3v) is 6.00. The largest absolute Gasteiger partial charge is 0.494 e. The van der Waals surface area contributed by atoms with Crippen molar-refractivity contribution in [2.45, 2.75) is 79.4 Å². The van der Waals surface area contributed by atoms with E-state index in [1.54, 1.807) is 0 Å². The number of hydrogen-bond acceptors (Lipinski definition) is 5. The molecule has 0 fully saturated rings. The molecule has 0 aliphatic carbocycles. The minimum atomic E-state index is -0.462. The number of aryl methyl sites for hydroxylation is 1. The van der Waals surface area contributed by atoms with Crippen LogP contribution in [-0.4, -0.2) is 29.1 Å². The quantitative estimate of drug-likeness (QED) is 0.283. The van der Waals surface area contributed by atoms with Crippen molar-refractivity contribution in [3.8, 4) is 16.9 Å². The highest BCUT2D eigenvalue weighted by Crippen LogP contribution is 2.36. The SMILES string of the molecule is Cc1ccc(-c2c(COC(=O)NC(C)(C)C)c(CC(C)C)nc3ccc(OCCCCC(N)=O)cc23)cc1. The van der Waals surface area contributed by atoms with E-state index in [1.165, 1.54) is 0 Å². The number of pyridine rings is 1. The molecule has 7 heteroatoms. The number of aromatic nitrogens is 1. The Labute approximate surface area is 226 Å². The lowest BCUT2D eigenvalue weighted by molar-refractivity contribution is -0.118. The van der Waals surface area contributed by atoms with Crippen molar-refractivity contribution < 1.29 is 19.1 Å². The highest BCUT2D eigenvalue weighted by Gasteiger charge is 2.21. The molecular weight excluding hydrogens is 478 g/mol. The fourth-order valence-corrected chi connectivity index (χ4v) is 4.25. The van der Waals surface area contributed by atoms with Crippen LogP contribution in [0.2, 0.25) is 0 Å². The number of unbranched alkanes of at least 4 members (excludes halogenated alkanes) is 1. The molecule has 0 saturated heterocycles. The first-order valence-corrected chi connectivity index (χ1v) is 13.3. The number of nitrogens with one attached hydrogen (secondary N) is 1. The molecule has 2 amide bonds. The van der Waals surface area contributed by atoms with Crippen molar-refractivity contribution in [1.82, 2.24) is 10.3 Å². The predicted octanol–water partition coefficient (Wildman–Crippen LogP) is 6.47. The van der Waals surface area contributed by atoms with Gasteiger partial charge < -0.3 is 20.5 Å². The van der Waals surface area contributed by atoms with Gasteiger partial charge in [0.25, 0.3) is 0 Å². The second-order valence-corrected chi connectivity index (χ2v) is 11.3. The molecule has 0 radical (unpaired) electrons. The maximum Gasteiger partial charge on any atom is 0.407 e. The number of fused-ring (bicyclic) bond motifs is 1. The number of rotatable bonds is 11. The van der Waals surface area contributed by atoms with Gasteiger partial charge in [-0.05, 0) is 82.2 Å². The third-order valence-electron chi connectivity index (χ3n) is 6.00. The summed E-state index contributed by atoms with van der Waals surface area (Å²) in [6, 6.07) is 14.3. The first-order chi connectivity index (χ1) is 17.9. The van der Waals surface area contributed by atoms with Gasteiger partial charge >= 0.3 is 6.09 Å². The highest BCUT2D eigenvalue weighted by molar-refractivity contribution is 5.97. The van der Waals surface area contributed by atoms with Gasteiger partial charge in [0.2, 0.25) is 5.91 Å². The van der Waals surface area contributed by atoms with E-state index in [4.69, 9.17) is 20.2 Å². The molecule has 38 heavy (non-hydrogen) atoms. The second kappa shape index (κ2) is 12.8. The van der Waals surface area contributed by atoms with Crippen LogP contribution in [0.3, 0.4) is 0 Å². The Morgan fingerprint density at radius 2 is 1.76 bits per heavy atom. The van der Waals surface area contributed by atoms with Crippen molar-refractivity contribution in [2.24, 2.45) is 11.7 Å². The monoisotopic (exact) mass is 519 g/mol. The number of carbonyl (C=O) groups excluding carboxylic acids is 2. The summed E-state index contributed by atoms with van der Waals surface area (Å²) in [7, 11) is 0. The normalized spacial score (nSPS) is 11.6. The standard InChI is InChI=1S/C31H41N3O4/c1-20(2)17-27-25(19-38-30(36)34-31(4,5)6)29(22-12-10-21(3)11-13-22)24-18-23(14-15-26(24)33-27)37-16-8-7-9-28(32)35/h10-15,18,20H,7-9,16-17,19H2,1-6H3,(H2,32,35)(H,34,36). The van der Waals surface area contributed by atoms with Gasteiger partial charge in [-0.1, -0.05) is 43.7 Å². The lowest BCUT2D eigenvalue weighted by Gasteiger charge is -2.22. The topological polar surface area (TPSA) is 104 Å². The van der Waals surface area contributed by atoms with Crippen molar-refractivity contribution in [2.75, 3.05) is 6.61 Å². The third kappa shape index (κ3) is 8.47. The second-order valence-electron chi connectivity index (χ2n) is 11.3. The summed E-state index contributed by atoms with van der Waals surface area (Å²) in [5, 5.41) is 3.81. The van der Waals surface area contributed by atoms with E-state index >= 15 is 0 Å². The van der Waals surface area contributed by atoms with Crippen LogP contribution in [0.15, 0.2) is 42.5 Å². The molecule has 0 aliphatic rings. The summed E-state index contributed by atoms with van der Waals surface area (Å²) < 4.78 is 11.8. The molecule has 204 valence electrons. The molecule has 2 aromatic carbocycles. The number of carbonyl (C=O) groups is 2. The minimum absolute atomic E-state index is 0.105. The average molecular weight is 520 g/mol. The zero-order chi connectivity index (χ0) is 27.9. The summed E-state index contributed by atoms with van der Waals surface area (Å²) in [5.74, 6) is 0.796. The Morgan fingerprint density at radius 1 is 1.05 bits per heavy atom. The number of benzene rings is 2. The minimum Gasteiger partial charge on any atom is -0.494 e. The zero-order valence-corrected chi connectivity index (χ0v) is 23.5. The first-order valence-electron chi connectivity index (χ1n) is 13.3. The van der Waals surface area contributed by atoms with Crippen LogP contribution in [0.25, 0.3) is 22.0 Å². The molecule has 1 aromatic heterocycles. The molecule has 7 nitrogen and oxygen atoms in total. The Morgan fingerprint density at radius 3 is 2.39 bits per heavy atom. The number of alkyl carbamates (subject to hydrolysis) is 1. The summed E-state index contributed by atoms with van der Waals surface area (Å²) in [6.07, 6.45) is 2.07. The molecule has 0 unspecified atom stereocenters. The van der Waals surface area contributed by atoms with E-state index in [2.05, 4.69) is 50.4 Å². The van der Waals surface area contributed by atoms with E-state index in [1.807, 2.05) is 39.0 Å². The maximum atomic E-state index is 12.6. The molecule has 0 bridgehead atoms. The summed E-state index contributed by atoms with van der Waals surface area (Å²) in [6.45, 7) is 12.7. The van der Waals surface area contributed by atoms with Gasteiger partial charge in [0.05, 0.1) is 12.1 Å². The number of ether oxygens (including phenoxy) is 2. The molecule has 3 N–H and O–H groups in total. The summed E-state index contributed by atoms with van der Waals surface area (Å²) >= 11 is 0. The molecule has 0 spiro atoms. The van der Waals surface area contributed by atoms with Crippen LogP contribution in [0.1, 0.15) is 70.7 Å². The Bertz CT molecular complexity index is 1260. The molecular formula is C31H41N3O4. The van der Waals surface area contributed by atoms with Gasteiger partial charge in [-0.3, -0.25) is 9.78 Å². The molecule has 3 rings (SSSR count). The van der Waals surface area contributed by atoms with Crippen LogP contribution < -0.4 is 15.8 Å². The van der Waals surface area contributed by atoms with Crippen molar-refractivity contribution >= 4 is 22.9 Å². The van der Waals surface area contributed by atoms with Crippen molar-refractivity contribution in [1.29, 1.82) is 0 Å². The number of hydrogen-bond donors (Lipinski definition) is 2. The first kappa shape index (κ1) is 29.0. The van der Waals surface area contributed by atoms with E-state index in [-0.39, 0.29) is 12.5 Å². The van der Waals surface area contributed by atoms with E-state index < -0.39 is 11.6 Å². The Kier molecular flexibility index (Phi) is 9.72. The molecule has 1 heterocycles. The molecule has 3 aromatic rings. The van der Waals surface area contributed by atoms with Gasteiger partial charge in [-0.2, -0.15) is 0 Å². The molecule has 0 aliphatic heterocycles. The summed E-state index contributed by atoms with van der Waals surface area (Å²) in [4.78, 5) is 28.6. The van der Waals surface area contributed by atoms with Crippen LogP contribution >= 0.6 is 0 Å². The fourth-order valence-electron chi connectivity index (χ4n) is 4.25. The van der Waals surface area contributed by atoms with E-state index in [0.29, 0.717) is 25.4 Å². The average Bonchev–Trinajstić information content (AvgIpc) is 2.81. The van der Waals surface area contributed by atoms with Crippen LogP contribution in [-0.2, 0) is 22.6 Å². The van der Waals surface area contributed by atoms with Gasteiger partial charge in [0.1, 0.15) is 12.4 Å². The van der Waals surface area contributed by atoms with Crippen molar-refractivity contribution in [3.63, 3.8) is 0 Å². The van der Waals surface area contributed by atoms with Gasteiger partial charge in [-0.25, -0.2) is 4.79 Å². The predicted molar refractivity (Wildman–Crippen MR) is 152 cm³/mol. The number of nitrogens with zero attached hydrogens (tertiary/aromatic N) is 1. The van der Waals surface area contributed by atoms with Gasteiger partial charge in [0.15, 0.2) is 0 Å². The van der Waals surface area contributed by atoms with Crippen LogP contribution in [0.5, 0.6) is 5.75 Å². The van der Waals surface area contributed by atoms with E-state index in [9.17, 15) is 9.59 Å². The zero-order valence-electron chi connectivity index (χ0n) is 23.5. The number of nitrogens with two attached hydrogens (primary N) is 1. The lowest BCUT2D eigenvalue weighted by Crippen LogP contribution is -2.40. The molecule has 0 saturated carbocycles. The van der Waals surface area contributed by atoms with Gasteiger partial charge in [0, 0.05) is 28.6 Å². The number of primary amides is 1. The fraction of sp³-hybridized carbons (Fsp3) is 0.452. The molecule has 0 atom stereocenters. The maximum absolute atomic E-state index is 12.6. The highest BCUT2D eigenvalue weighted by atomic mass is 16.5. The van der Waals surface area contributed by atoms with E-state index in [0.717, 1.165) is 57.4 Å². The smallest absolute Gasteiger partial charge is 0.407 e. The Hall–Kier alpha value is -3.61. The van der Waals surface area contributed by atoms with Crippen molar-refractivity contribution in [3.05, 3.63) is 59.3 Å². The van der Waals surface area contributed by atoms with Crippen LogP contribution in [0.4, 0.5) is 4.79 Å². The lowest BCUT2D eigenvalue weighted by atomic mass is 9.91. The van der Waals surface area contributed by atoms with Crippen LogP contribution in [0, 0.1) is 12.8 Å². The Balaban J connectivity index is 2.07. The van der Waals surface area contributed by atoms with Gasteiger partial charge in [-0.15, -0.1) is 0 Å². The number of amides is 2. The summed E-state index contributed by atoms with van der Waals surface area (Å²) in [5.41, 5.74) is 10.7.